The van der Waals surface area contributed by atoms with Crippen LogP contribution in [-0.2, 0) is 16.1 Å². The zero-order chi connectivity index (χ0) is 28.0. The number of nitrogens with one attached hydrogen (secondary N) is 1. The standard InChI is InChI=1S/C27H24FN9O3/c1-15-8-24-29-11-18(12-37(24)33-15)17-5-6-21-20(9-17)26(16(2)38)34-36(21)14-25(39)35-13-19(28)10-22(35)27(40)31-23-4-3-7-30-32-23/h3-9,11-12,19,22H,10,13-14H2,1-2H3,(H,31,32,40)/t19-,22+/m1/s1. The van der Waals surface area contributed by atoms with Gasteiger partial charge in [-0.3, -0.25) is 19.1 Å². The number of anilines is 1. The Morgan fingerprint density at radius 3 is 2.75 bits per heavy atom. The Kier molecular flexibility index (Phi) is 6.25. The first kappa shape index (κ1) is 25.2. The van der Waals surface area contributed by atoms with Crippen LogP contribution in [-0.4, -0.2) is 75.8 Å². The second-order valence-electron chi connectivity index (χ2n) is 9.72. The molecule has 1 aliphatic rings. The molecule has 13 heteroatoms. The maximum absolute atomic E-state index is 14.4. The van der Waals surface area contributed by atoms with E-state index < -0.39 is 24.0 Å². The molecule has 0 aliphatic carbocycles. The number of aromatic nitrogens is 7. The summed E-state index contributed by atoms with van der Waals surface area (Å²) < 4.78 is 17.5. The van der Waals surface area contributed by atoms with Crippen molar-refractivity contribution in [2.75, 3.05) is 11.9 Å². The molecule has 1 fully saturated rings. The molecule has 5 aromatic rings. The van der Waals surface area contributed by atoms with Crippen LogP contribution >= 0.6 is 0 Å². The first-order valence-corrected chi connectivity index (χ1v) is 12.6. The minimum Gasteiger partial charge on any atom is -0.326 e. The summed E-state index contributed by atoms with van der Waals surface area (Å²) in [4.78, 5) is 44.4. The van der Waals surface area contributed by atoms with Crippen molar-refractivity contribution in [3.05, 3.63) is 66.4 Å². The number of benzene rings is 1. The van der Waals surface area contributed by atoms with E-state index in [1.165, 1.54) is 22.7 Å². The Morgan fingerprint density at radius 2 is 1.98 bits per heavy atom. The molecule has 1 saturated heterocycles. The summed E-state index contributed by atoms with van der Waals surface area (Å²) in [5.41, 5.74) is 3.91. The third-order valence-corrected chi connectivity index (χ3v) is 6.83. The van der Waals surface area contributed by atoms with Crippen molar-refractivity contribution < 1.29 is 18.8 Å². The summed E-state index contributed by atoms with van der Waals surface area (Å²) >= 11 is 0. The van der Waals surface area contributed by atoms with Gasteiger partial charge in [-0.15, -0.1) is 5.10 Å². The van der Waals surface area contributed by atoms with E-state index in [2.05, 4.69) is 30.7 Å². The normalized spacial score (nSPS) is 17.0. The number of carbonyl (C=O) groups excluding carboxylic acids is 3. The largest absolute Gasteiger partial charge is 0.326 e. The average Bonchev–Trinajstić information content (AvgIpc) is 3.62. The Bertz CT molecular complexity index is 1780. The van der Waals surface area contributed by atoms with E-state index in [0.29, 0.717) is 10.9 Å². The van der Waals surface area contributed by atoms with E-state index >= 15 is 0 Å². The number of ketones is 1. The van der Waals surface area contributed by atoms with Crippen molar-refractivity contribution in [1.82, 2.24) is 39.5 Å². The molecule has 1 aromatic carbocycles. The van der Waals surface area contributed by atoms with E-state index in [1.807, 2.05) is 31.3 Å². The quantitative estimate of drug-likeness (QED) is 0.324. The molecular weight excluding hydrogens is 517 g/mol. The number of nitrogens with zero attached hydrogens (tertiary/aromatic N) is 8. The van der Waals surface area contributed by atoms with E-state index in [-0.39, 0.29) is 36.8 Å². The summed E-state index contributed by atoms with van der Waals surface area (Å²) in [7, 11) is 0. The van der Waals surface area contributed by atoms with Gasteiger partial charge in [0.25, 0.3) is 0 Å². The lowest BCUT2D eigenvalue weighted by Gasteiger charge is -2.23. The van der Waals surface area contributed by atoms with E-state index in [0.717, 1.165) is 22.5 Å². The number of Topliss-reactive ketones (excluding diaryl/α,β-unsaturated/α-hetero) is 1. The number of likely N-dealkylation sites (tertiary alicyclic amines) is 1. The summed E-state index contributed by atoms with van der Waals surface area (Å²) in [5, 5.41) is 19.5. The number of aryl methyl sites for hydroxylation is 1. The molecule has 2 atom stereocenters. The summed E-state index contributed by atoms with van der Waals surface area (Å²) in [6.07, 6.45) is 3.56. The first-order valence-electron chi connectivity index (χ1n) is 12.6. The van der Waals surface area contributed by atoms with Gasteiger partial charge in [0.05, 0.1) is 17.8 Å². The number of amides is 2. The monoisotopic (exact) mass is 541 g/mol. The van der Waals surface area contributed by atoms with Crippen molar-refractivity contribution >= 4 is 40.0 Å². The van der Waals surface area contributed by atoms with Gasteiger partial charge in [0, 0.05) is 49.0 Å². The molecule has 0 radical (unpaired) electrons. The highest BCUT2D eigenvalue weighted by atomic mass is 19.1. The van der Waals surface area contributed by atoms with Gasteiger partial charge < -0.3 is 10.2 Å². The highest BCUT2D eigenvalue weighted by molar-refractivity contribution is 6.06. The highest BCUT2D eigenvalue weighted by Gasteiger charge is 2.40. The number of fused-ring (bicyclic) bond motifs is 2. The zero-order valence-corrected chi connectivity index (χ0v) is 21.7. The minimum atomic E-state index is -1.35. The fourth-order valence-corrected chi connectivity index (χ4v) is 4.99. The molecule has 4 aromatic heterocycles. The van der Waals surface area contributed by atoms with Crippen molar-refractivity contribution in [3.63, 3.8) is 0 Å². The topological polar surface area (TPSA) is 140 Å². The van der Waals surface area contributed by atoms with E-state index in [4.69, 9.17) is 0 Å². The smallest absolute Gasteiger partial charge is 0.248 e. The number of halogens is 1. The number of hydrogen-bond acceptors (Lipinski definition) is 8. The maximum atomic E-state index is 14.4. The summed E-state index contributed by atoms with van der Waals surface area (Å²) in [5.74, 6) is -1.10. The summed E-state index contributed by atoms with van der Waals surface area (Å²) in [6.45, 7) is 2.80. The molecule has 202 valence electrons. The van der Waals surface area contributed by atoms with Crippen LogP contribution in [0.25, 0.3) is 27.7 Å². The van der Waals surface area contributed by atoms with Gasteiger partial charge in [0.1, 0.15) is 24.5 Å². The van der Waals surface area contributed by atoms with Gasteiger partial charge in [-0.05, 0) is 36.8 Å². The molecule has 6 rings (SSSR count). The van der Waals surface area contributed by atoms with Crippen LogP contribution in [0, 0.1) is 6.92 Å². The second-order valence-corrected chi connectivity index (χ2v) is 9.72. The maximum Gasteiger partial charge on any atom is 0.248 e. The van der Waals surface area contributed by atoms with Gasteiger partial charge in [-0.25, -0.2) is 13.9 Å². The van der Waals surface area contributed by atoms with Crippen molar-refractivity contribution in [2.45, 2.75) is 39.0 Å². The van der Waals surface area contributed by atoms with Crippen LogP contribution in [0.3, 0.4) is 0 Å². The van der Waals surface area contributed by atoms with Crippen LogP contribution < -0.4 is 5.32 Å². The fourth-order valence-electron chi connectivity index (χ4n) is 4.99. The van der Waals surface area contributed by atoms with Crippen LogP contribution in [0.15, 0.2) is 55.0 Å². The molecule has 0 saturated carbocycles. The number of carbonyl (C=O) groups is 3. The predicted molar refractivity (Wildman–Crippen MR) is 142 cm³/mol. The van der Waals surface area contributed by atoms with Crippen LogP contribution in [0.5, 0.6) is 0 Å². The highest BCUT2D eigenvalue weighted by Crippen LogP contribution is 2.28. The predicted octanol–water partition coefficient (Wildman–Crippen LogP) is 2.62. The van der Waals surface area contributed by atoms with Crippen molar-refractivity contribution in [1.29, 1.82) is 0 Å². The lowest BCUT2D eigenvalue weighted by molar-refractivity contribution is -0.137. The first-order chi connectivity index (χ1) is 19.3. The van der Waals surface area contributed by atoms with Gasteiger partial charge >= 0.3 is 0 Å². The SMILES string of the molecule is CC(=O)c1nn(CC(=O)N2C[C@H](F)C[C@H]2C(=O)Nc2cccnn2)c2ccc(-c3cnc4cc(C)nn4c3)cc12. The summed E-state index contributed by atoms with van der Waals surface area (Å²) in [6, 6.07) is 9.46. The van der Waals surface area contributed by atoms with E-state index in [1.54, 1.807) is 28.9 Å². The molecular formula is C27H24FN9O3. The average molecular weight is 542 g/mol. The van der Waals surface area contributed by atoms with Gasteiger partial charge in [0.2, 0.25) is 11.8 Å². The molecule has 1 N–H and O–H groups in total. The van der Waals surface area contributed by atoms with Gasteiger partial charge in [-0.1, -0.05) is 6.07 Å². The Hall–Kier alpha value is -5.07. The molecule has 1 aliphatic heterocycles. The van der Waals surface area contributed by atoms with Crippen LogP contribution in [0.1, 0.15) is 29.5 Å². The third-order valence-electron chi connectivity index (χ3n) is 6.83. The number of rotatable bonds is 6. The minimum absolute atomic E-state index is 0.131. The van der Waals surface area contributed by atoms with Gasteiger partial charge in [-0.2, -0.15) is 15.3 Å². The molecule has 40 heavy (non-hydrogen) atoms. The molecule has 12 nitrogen and oxygen atoms in total. The van der Waals surface area contributed by atoms with Crippen LogP contribution in [0.2, 0.25) is 0 Å². The molecule has 0 spiro atoms. The Morgan fingerprint density at radius 1 is 1.12 bits per heavy atom. The molecule has 0 bridgehead atoms. The van der Waals surface area contributed by atoms with Gasteiger partial charge in [0.15, 0.2) is 17.2 Å². The number of hydrogen-bond donors (Lipinski definition) is 1. The van der Waals surface area contributed by atoms with Crippen molar-refractivity contribution in [2.24, 2.45) is 0 Å². The molecule has 5 heterocycles. The second kappa shape index (κ2) is 9.91. The van der Waals surface area contributed by atoms with Crippen LogP contribution in [0.4, 0.5) is 10.2 Å². The Labute approximate surface area is 226 Å². The zero-order valence-electron chi connectivity index (χ0n) is 21.7. The Balaban J connectivity index is 1.28. The molecule has 2 amide bonds. The lowest BCUT2D eigenvalue weighted by atomic mass is 10.0. The molecule has 0 unspecified atom stereocenters. The lowest BCUT2D eigenvalue weighted by Crippen LogP contribution is -2.44. The number of alkyl halides is 1. The van der Waals surface area contributed by atoms with Crippen molar-refractivity contribution in [3.8, 4) is 11.1 Å². The fraction of sp³-hybridized carbons (Fsp3) is 0.259. The van der Waals surface area contributed by atoms with E-state index in [9.17, 15) is 18.8 Å². The third kappa shape index (κ3) is 4.65.